The Kier molecular flexibility index (Phi) is 3.84. The van der Waals surface area contributed by atoms with Crippen molar-refractivity contribution in [3.63, 3.8) is 0 Å². The Morgan fingerprint density at radius 3 is 2.11 bits per heavy atom. The van der Waals surface area contributed by atoms with Crippen LogP contribution in [-0.4, -0.2) is 5.91 Å². The number of rotatable bonds is 2. The van der Waals surface area contributed by atoms with Crippen molar-refractivity contribution >= 4 is 34.8 Å². The van der Waals surface area contributed by atoms with E-state index >= 15 is 0 Å². The smallest absolute Gasteiger partial charge is 0.255 e. The predicted molar refractivity (Wildman–Crippen MR) is 70.8 cm³/mol. The molecule has 0 aromatic heterocycles. The molecule has 0 fully saturated rings. The number of nitrogens with one attached hydrogen (secondary N) is 1. The van der Waals surface area contributed by atoms with E-state index in [0.29, 0.717) is 21.3 Å². The molecule has 0 unspecified atom stereocenters. The minimum Gasteiger partial charge on any atom is -0.319 e. The number of para-hydroxylation sites is 1. The Labute approximate surface area is 113 Å². The SMILES string of the molecule is O=C(Nc1c(Cl)cccc1Cl)c1ccc(F)cc1. The van der Waals surface area contributed by atoms with Crippen molar-refractivity contribution in [3.8, 4) is 0 Å². The maximum Gasteiger partial charge on any atom is 0.255 e. The zero-order valence-corrected chi connectivity index (χ0v) is 10.6. The molecule has 1 N–H and O–H groups in total. The summed E-state index contributed by atoms with van der Waals surface area (Å²) in [6.07, 6.45) is 0. The van der Waals surface area contributed by atoms with Gasteiger partial charge in [-0.1, -0.05) is 29.3 Å². The van der Waals surface area contributed by atoms with Gasteiger partial charge in [-0.15, -0.1) is 0 Å². The highest BCUT2D eigenvalue weighted by Crippen LogP contribution is 2.30. The van der Waals surface area contributed by atoms with Crippen LogP contribution in [0.3, 0.4) is 0 Å². The van der Waals surface area contributed by atoms with E-state index in [9.17, 15) is 9.18 Å². The third-order valence-electron chi connectivity index (χ3n) is 2.31. The van der Waals surface area contributed by atoms with Crippen LogP contribution in [0.15, 0.2) is 42.5 Å². The monoisotopic (exact) mass is 283 g/mol. The number of hydrogen-bond acceptors (Lipinski definition) is 1. The van der Waals surface area contributed by atoms with Gasteiger partial charge in [-0.3, -0.25) is 4.79 Å². The first kappa shape index (κ1) is 12.9. The molecule has 2 rings (SSSR count). The Hall–Kier alpha value is -1.58. The van der Waals surface area contributed by atoms with Crippen LogP contribution < -0.4 is 5.32 Å². The first-order valence-electron chi connectivity index (χ1n) is 5.09. The van der Waals surface area contributed by atoms with Crippen LogP contribution in [0.1, 0.15) is 10.4 Å². The molecule has 92 valence electrons. The second-order valence-corrected chi connectivity index (χ2v) is 4.37. The van der Waals surface area contributed by atoms with Crippen molar-refractivity contribution in [2.45, 2.75) is 0 Å². The summed E-state index contributed by atoms with van der Waals surface area (Å²) in [5, 5.41) is 3.28. The lowest BCUT2D eigenvalue weighted by Gasteiger charge is -2.08. The minimum atomic E-state index is -0.401. The summed E-state index contributed by atoms with van der Waals surface area (Å²) in [5.74, 6) is -0.799. The highest BCUT2D eigenvalue weighted by molar-refractivity contribution is 6.40. The van der Waals surface area contributed by atoms with Crippen molar-refractivity contribution in [3.05, 3.63) is 63.9 Å². The molecule has 0 heterocycles. The van der Waals surface area contributed by atoms with Gasteiger partial charge in [0.2, 0.25) is 0 Å². The van der Waals surface area contributed by atoms with E-state index in [0.717, 1.165) is 0 Å². The number of benzene rings is 2. The standard InChI is InChI=1S/C13H8Cl2FNO/c14-10-2-1-3-11(15)12(10)17-13(18)8-4-6-9(16)7-5-8/h1-7H,(H,17,18). The Bertz CT molecular complexity index is 564. The normalized spacial score (nSPS) is 10.2. The van der Waals surface area contributed by atoms with Gasteiger partial charge < -0.3 is 5.32 Å². The molecule has 0 spiro atoms. The van der Waals surface area contributed by atoms with Gasteiger partial charge in [0.1, 0.15) is 5.82 Å². The van der Waals surface area contributed by atoms with E-state index in [-0.39, 0.29) is 0 Å². The topological polar surface area (TPSA) is 29.1 Å². The number of halogens is 3. The summed E-state index contributed by atoms with van der Waals surface area (Å²) in [6, 6.07) is 10.1. The maximum atomic E-state index is 12.7. The molecule has 2 aromatic rings. The van der Waals surface area contributed by atoms with E-state index in [1.807, 2.05) is 0 Å². The lowest BCUT2D eigenvalue weighted by atomic mass is 10.2. The second kappa shape index (κ2) is 5.38. The average Bonchev–Trinajstić information content (AvgIpc) is 2.34. The quantitative estimate of drug-likeness (QED) is 0.870. The van der Waals surface area contributed by atoms with Gasteiger partial charge in [0.05, 0.1) is 15.7 Å². The van der Waals surface area contributed by atoms with Crippen LogP contribution in [0.2, 0.25) is 10.0 Å². The third kappa shape index (κ3) is 2.81. The Balaban J connectivity index is 2.24. The molecule has 0 radical (unpaired) electrons. The molecular formula is C13H8Cl2FNO. The number of anilines is 1. The fourth-order valence-electron chi connectivity index (χ4n) is 1.40. The Morgan fingerprint density at radius 2 is 1.56 bits per heavy atom. The molecule has 0 bridgehead atoms. The molecule has 2 nitrogen and oxygen atoms in total. The fourth-order valence-corrected chi connectivity index (χ4v) is 1.90. The van der Waals surface area contributed by atoms with Gasteiger partial charge in [0.15, 0.2) is 0 Å². The summed E-state index contributed by atoms with van der Waals surface area (Å²) in [6.45, 7) is 0. The molecule has 18 heavy (non-hydrogen) atoms. The lowest BCUT2D eigenvalue weighted by molar-refractivity contribution is 0.102. The van der Waals surface area contributed by atoms with Crippen molar-refractivity contribution < 1.29 is 9.18 Å². The van der Waals surface area contributed by atoms with E-state index in [2.05, 4.69) is 5.32 Å². The molecule has 0 aliphatic carbocycles. The lowest BCUT2D eigenvalue weighted by Crippen LogP contribution is -2.12. The summed E-state index contributed by atoms with van der Waals surface area (Å²) in [7, 11) is 0. The van der Waals surface area contributed by atoms with Crippen LogP contribution in [0, 0.1) is 5.82 Å². The summed E-state index contributed by atoms with van der Waals surface area (Å²) >= 11 is 11.9. The molecule has 2 aromatic carbocycles. The van der Waals surface area contributed by atoms with Crippen molar-refractivity contribution in [2.24, 2.45) is 0 Å². The number of amides is 1. The Morgan fingerprint density at radius 1 is 1.00 bits per heavy atom. The van der Waals surface area contributed by atoms with Crippen molar-refractivity contribution in [2.75, 3.05) is 5.32 Å². The van der Waals surface area contributed by atoms with E-state index in [1.54, 1.807) is 18.2 Å². The largest absolute Gasteiger partial charge is 0.319 e. The first-order chi connectivity index (χ1) is 8.58. The molecule has 1 amide bonds. The highest BCUT2D eigenvalue weighted by atomic mass is 35.5. The molecule has 0 atom stereocenters. The van der Waals surface area contributed by atoms with Gasteiger partial charge in [-0.25, -0.2) is 4.39 Å². The summed E-state index contributed by atoms with van der Waals surface area (Å²) in [5.41, 5.74) is 0.669. The van der Waals surface area contributed by atoms with Gasteiger partial charge in [-0.05, 0) is 36.4 Å². The van der Waals surface area contributed by atoms with Crippen LogP contribution in [0.4, 0.5) is 10.1 Å². The van der Waals surface area contributed by atoms with E-state index < -0.39 is 11.7 Å². The van der Waals surface area contributed by atoms with E-state index in [1.165, 1.54) is 24.3 Å². The van der Waals surface area contributed by atoms with Gasteiger partial charge in [0, 0.05) is 5.56 Å². The summed E-state index contributed by atoms with van der Waals surface area (Å²) < 4.78 is 12.7. The first-order valence-corrected chi connectivity index (χ1v) is 5.84. The highest BCUT2D eigenvalue weighted by Gasteiger charge is 2.11. The van der Waals surface area contributed by atoms with E-state index in [4.69, 9.17) is 23.2 Å². The molecule has 0 saturated carbocycles. The zero-order valence-electron chi connectivity index (χ0n) is 9.08. The van der Waals surface area contributed by atoms with Crippen LogP contribution in [0.25, 0.3) is 0 Å². The van der Waals surface area contributed by atoms with Crippen molar-refractivity contribution in [1.82, 2.24) is 0 Å². The average molecular weight is 284 g/mol. The molecule has 5 heteroatoms. The maximum absolute atomic E-state index is 12.7. The zero-order chi connectivity index (χ0) is 13.1. The van der Waals surface area contributed by atoms with Crippen LogP contribution in [-0.2, 0) is 0 Å². The third-order valence-corrected chi connectivity index (χ3v) is 2.94. The van der Waals surface area contributed by atoms with Crippen molar-refractivity contribution in [1.29, 1.82) is 0 Å². The van der Waals surface area contributed by atoms with Gasteiger partial charge >= 0.3 is 0 Å². The van der Waals surface area contributed by atoms with Crippen LogP contribution >= 0.6 is 23.2 Å². The molecule has 0 saturated heterocycles. The number of hydrogen-bond donors (Lipinski definition) is 1. The van der Waals surface area contributed by atoms with Gasteiger partial charge in [-0.2, -0.15) is 0 Å². The van der Waals surface area contributed by atoms with Crippen LogP contribution in [0.5, 0.6) is 0 Å². The number of carbonyl (C=O) groups excluding carboxylic acids is 1. The van der Waals surface area contributed by atoms with Gasteiger partial charge in [0.25, 0.3) is 5.91 Å². The number of carbonyl (C=O) groups is 1. The minimum absolute atomic E-state index is 0.326. The predicted octanol–water partition coefficient (Wildman–Crippen LogP) is 4.38. The fraction of sp³-hybridized carbons (Fsp3) is 0. The second-order valence-electron chi connectivity index (χ2n) is 3.56. The molecule has 0 aliphatic rings. The molecule has 0 aliphatic heterocycles. The summed E-state index contributed by atoms with van der Waals surface area (Å²) in [4.78, 5) is 11.9. The molecular weight excluding hydrogens is 276 g/mol.